The number of para-hydroxylation sites is 3. The van der Waals surface area contributed by atoms with E-state index in [1.165, 1.54) is 0 Å². The van der Waals surface area contributed by atoms with Gasteiger partial charge in [-0.05, 0) is 53.9 Å². The average molecular weight is 503 g/mol. The van der Waals surface area contributed by atoms with Crippen LogP contribution in [-0.2, 0) is 0 Å². The molecule has 0 radical (unpaired) electrons. The predicted octanol–water partition coefficient (Wildman–Crippen LogP) is 10.0. The van der Waals surface area contributed by atoms with Crippen LogP contribution in [0.4, 0.5) is 17.1 Å². The van der Waals surface area contributed by atoms with Crippen molar-refractivity contribution in [2.24, 2.45) is 0 Å². The third-order valence-corrected chi connectivity index (χ3v) is 7.29. The molecule has 0 fully saturated rings. The number of benzene rings is 6. The quantitative estimate of drug-likeness (QED) is 0.240. The van der Waals surface area contributed by atoms with Gasteiger partial charge >= 0.3 is 0 Å². The van der Waals surface area contributed by atoms with Crippen molar-refractivity contribution in [2.45, 2.75) is 0 Å². The van der Waals surface area contributed by atoms with Gasteiger partial charge < -0.3 is 13.7 Å². The van der Waals surface area contributed by atoms with Gasteiger partial charge in [-0.3, -0.25) is 0 Å². The molecular weight excluding hydrogens is 480 g/mol. The normalized spacial score (nSPS) is 11.6. The number of hydrogen-bond donors (Lipinski definition) is 0. The van der Waals surface area contributed by atoms with E-state index in [-0.39, 0.29) is 0 Å². The fourth-order valence-corrected chi connectivity index (χ4v) is 5.55. The minimum atomic E-state index is 0.586. The third-order valence-electron chi connectivity index (χ3n) is 7.29. The van der Waals surface area contributed by atoms with Crippen LogP contribution < -0.4 is 4.90 Å². The number of aromatic nitrogens is 1. The molecule has 0 N–H and O–H groups in total. The standard InChI is InChI=1S/C35H22N2O2/c1-3-12-24(13-4-1)37(25-14-5-2-6-15-25)29-19-9-17-27-32-28(18-10-20-30(32)38-34(27)29)35-36-33-26-16-8-7-11-23(26)21-22-31(33)39-35/h1-22H. The van der Waals surface area contributed by atoms with Crippen LogP contribution in [-0.4, -0.2) is 4.98 Å². The van der Waals surface area contributed by atoms with Crippen LogP contribution >= 0.6 is 0 Å². The summed E-state index contributed by atoms with van der Waals surface area (Å²) in [6, 6.07) is 45.4. The van der Waals surface area contributed by atoms with Crippen LogP contribution in [0.3, 0.4) is 0 Å². The summed E-state index contributed by atoms with van der Waals surface area (Å²) in [4.78, 5) is 7.21. The fourth-order valence-electron chi connectivity index (χ4n) is 5.55. The van der Waals surface area contributed by atoms with E-state index in [9.17, 15) is 0 Å². The first-order valence-electron chi connectivity index (χ1n) is 13.0. The zero-order valence-electron chi connectivity index (χ0n) is 20.9. The van der Waals surface area contributed by atoms with Crippen LogP contribution in [0.15, 0.2) is 142 Å². The van der Waals surface area contributed by atoms with Gasteiger partial charge in [-0.2, -0.15) is 0 Å². The largest absolute Gasteiger partial charge is 0.454 e. The highest BCUT2D eigenvalue weighted by atomic mass is 16.3. The molecule has 2 heterocycles. The maximum absolute atomic E-state index is 6.60. The lowest BCUT2D eigenvalue weighted by molar-refractivity contribution is 0.620. The molecule has 4 nitrogen and oxygen atoms in total. The fraction of sp³-hybridized carbons (Fsp3) is 0. The van der Waals surface area contributed by atoms with E-state index < -0.39 is 0 Å². The Labute approximate surface area is 224 Å². The van der Waals surface area contributed by atoms with Crippen molar-refractivity contribution in [2.75, 3.05) is 4.90 Å². The molecule has 2 aromatic heterocycles. The highest BCUT2D eigenvalue weighted by Gasteiger charge is 2.22. The van der Waals surface area contributed by atoms with E-state index in [2.05, 4.69) is 95.9 Å². The van der Waals surface area contributed by atoms with E-state index in [0.29, 0.717) is 5.89 Å². The van der Waals surface area contributed by atoms with Crippen LogP contribution in [0.5, 0.6) is 0 Å². The Kier molecular flexibility index (Phi) is 4.79. The van der Waals surface area contributed by atoms with Crippen molar-refractivity contribution in [1.29, 1.82) is 0 Å². The van der Waals surface area contributed by atoms with Gasteiger partial charge in [0.05, 0.1) is 5.69 Å². The first-order chi connectivity index (χ1) is 19.3. The van der Waals surface area contributed by atoms with Crippen molar-refractivity contribution < 1.29 is 8.83 Å². The molecule has 39 heavy (non-hydrogen) atoms. The van der Waals surface area contributed by atoms with Crippen LogP contribution in [0, 0.1) is 0 Å². The number of hydrogen-bond acceptors (Lipinski definition) is 4. The van der Waals surface area contributed by atoms with E-state index >= 15 is 0 Å². The molecule has 8 aromatic rings. The van der Waals surface area contributed by atoms with Crippen molar-refractivity contribution in [3.63, 3.8) is 0 Å². The van der Waals surface area contributed by atoms with Crippen molar-refractivity contribution in [3.05, 3.63) is 133 Å². The Hall–Kier alpha value is -5.35. The molecule has 0 aliphatic rings. The van der Waals surface area contributed by atoms with Gasteiger partial charge in [0.15, 0.2) is 11.2 Å². The number of anilines is 3. The molecule has 0 saturated carbocycles. The van der Waals surface area contributed by atoms with Gasteiger partial charge in [0.2, 0.25) is 5.89 Å². The van der Waals surface area contributed by atoms with Crippen LogP contribution in [0.2, 0.25) is 0 Å². The lowest BCUT2D eigenvalue weighted by Gasteiger charge is -2.25. The summed E-state index contributed by atoms with van der Waals surface area (Å²) in [7, 11) is 0. The summed E-state index contributed by atoms with van der Waals surface area (Å²) in [5, 5.41) is 4.23. The summed E-state index contributed by atoms with van der Waals surface area (Å²) in [5.41, 5.74) is 7.24. The van der Waals surface area contributed by atoms with Crippen molar-refractivity contribution in [3.8, 4) is 11.5 Å². The summed E-state index contributed by atoms with van der Waals surface area (Å²) in [5.74, 6) is 0.586. The Morgan fingerprint density at radius 1 is 0.513 bits per heavy atom. The number of furan rings is 1. The molecule has 0 amide bonds. The first-order valence-corrected chi connectivity index (χ1v) is 13.0. The van der Waals surface area contributed by atoms with Gasteiger partial charge in [-0.25, -0.2) is 4.98 Å². The molecule has 4 heteroatoms. The van der Waals surface area contributed by atoms with E-state index in [1.807, 2.05) is 42.5 Å². The molecule has 0 unspecified atom stereocenters. The minimum Gasteiger partial charge on any atom is -0.454 e. The Balaban J connectivity index is 1.38. The molecule has 0 aliphatic heterocycles. The summed E-state index contributed by atoms with van der Waals surface area (Å²) >= 11 is 0. The SMILES string of the molecule is c1ccc(N(c2ccccc2)c2cccc3c2oc2cccc(-c4nc5c(ccc6ccccc65)o4)c23)cc1. The number of nitrogens with zero attached hydrogens (tertiary/aromatic N) is 2. The molecule has 8 rings (SSSR count). The van der Waals surface area contributed by atoms with E-state index in [0.717, 1.165) is 66.4 Å². The molecule has 0 aliphatic carbocycles. The van der Waals surface area contributed by atoms with E-state index in [4.69, 9.17) is 13.8 Å². The molecule has 6 aromatic carbocycles. The average Bonchev–Trinajstić information content (AvgIpc) is 3.61. The maximum atomic E-state index is 6.60. The van der Waals surface area contributed by atoms with Gasteiger partial charge in [0.1, 0.15) is 11.1 Å². The first kappa shape index (κ1) is 21.7. The van der Waals surface area contributed by atoms with E-state index in [1.54, 1.807) is 0 Å². The summed E-state index contributed by atoms with van der Waals surface area (Å²) in [6.45, 7) is 0. The van der Waals surface area contributed by atoms with Crippen molar-refractivity contribution in [1.82, 2.24) is 4.98 Å². The molecule has 0 spiro atoms. The second-order valence-corrected chi connectivity index (χ2v) is 9.59. The van der Waals surface area contributed by atoms with Gasteiger partial charge in [0.25, 0.3) is 0 Å². The third kappa shape index (κ3) is 3.42. The molecule has 0 atom stereocenters. The summed E-state index contributed by atoms with van der Waals surface area (Å²) in [6.07, 6.45) is 0. The number of fused-ring (bicyclic) bond motifs is 6. The second kappa shape index (κ2) is 8.61. The lowest BCUT2D eigenvalue weighted by atomic mass is 10.0. The zero-order chi connectivity index (χ0) is 25.8. The Morgan fingerprint density at radius 2 is 1.21 bits per heavy atom. The molecular formula is C35H22N2O2. The van der Waals surface area contributed by atoms with Gasteiger partial charge in [0, 0.05) is 33.1 Å². The number of oxazole rings is 1. The van der Waals surface area contributed by atoms with Gasteiger partial charge in [-0.15, -0.1) is 0 Å². The smallest absolute Gasteiger partial charge is 0.228 e. The number of rotatable bonds is 4. The second-order valence-electron chi connectivity index (χ2n) is 9.59. The topological polar surface area (TPSA) is 42.4 Å². The monoisotopic (exact) mass is 502 g/mol. The Morgan fingerprint density at radius 3 is 2.00 bits per heavy atom. The lowest BCUT2D eigenvalue weighted by Crippen LogP contribution is -2.09. The zero-order valence-corrected chi connectivity index (χ0v) is 20.9. The molecule has 0 saturated heterocycles. The molecule has 184 valence electrons. The Bertz CT molecular complexity index is 2090. The summed E-state index contributed by atoms with van der Waals surface area (Å²) < 4.78 is 12.9. The molecule has 0 bridgehead atoms. The van der Waals surface area contributed by atoms with Crippen LogP contribution in [0.25, 0.3) is 55.3 Å². The minimum absolute atomic E-state index is 0.586. The van der Waals surface area contributed by atoms with Gasteiger partial charge in [-0.1, -0.05) is 84.9 Å². The predicted molar refractivity (Wildman–Crippen MR) is 159 cm³/mol. The highest BCUT2D eigenvalue weighted by molar-refractivity contribution is 6.15. The maximum Gasteiger partial charge on any atom is 0.228 e. The van der Waals surface area contributed by atoms with Crippen molar-refractivity contribution >= 4 is 60.9 Å². The highest BCUT2D eigenvalue weighted by Crippen LogP contribution is 2.44. The van der Waals surface area contributed by atoms with Crippen LogP contribution in [0.1, 0.15) is 0 Å².